The fourth-order valence-corrected chi connectivity index (χ4v) is 19.6. The van der Waals surface area contributed by atoms with Crippen molar-refractivity contribution < 1.29 is 39.9 Å². The van der Waals surface area contributed by atoms with Crippen molar-refractivity contribution in [3.05, 3.63) is 235 Å². The van der Waals surface area contributed by atoms with Gasteiger partial charge >= 0.3 is 403 Å². The number of halogens is 6. The molecule has 0 saturated carbocycles. The molecule has 0 spiro atoms. The third-order valence-corrected chi connectivity index (χ3v) is 23.4. The Bertz CT molecular complexity index is 2750. The van der Waals surface area contributed by atoms with E-state index in [0.717, 1.165) is 0 Å². The van der Waals surface area contributed by atoms with Crippen LogP contribution in [0.2, 0.25) is 0 Å². The van der Waals surface area contributed by atoms with E-state index >= 15 is 0 Å². The van der Waals surface area contributed by atoms with E-state index in [2.05, 4.69) is 0 Å². The van der Waals surface area contributed by atoms with E-state index in [1.165, 1.54) is 12.2 Å². The average molecular weight is 979 g/mol. The molecule has 16 heteroatoms. The summed E-state index contributed by atoms with van der Waals surface area (Å²) in [6.07, 6.45) is -8.43. The van der Waals surface area contributed by atoms with Gasteiger partial charge in [0.15, 0.2) is 0 Å². The van der Waals surface area contributed by atoms with Gasteiger partial charge in [-0.1, -0.05) is 0 Å². The summed E-state index contributed by atoms with van der Waals surface area (Å²) in [6.45, 7) is -10.2. The molecule has 0 unspecified atom stereocenters. The van der Waals surface area contributed by atoms with Crippen LogP contribution in [-0.4, -0.2) is 19.6 Å². The van der Waals surface area contributed by atoms with E-state index in [1.54, 1.807) is 182 Å². The van der Waals surface area contributed by atoms with Crippen LogP contribution < -0.4 is 36.5 Å². The van der Waals surface area contributed by atoms with E-state index in [0.29, 0.717) is 44.0 Å². The molecule has 7 nitrogen and oxygen atoms in total. The Labute approximate surface area is 401 Å². The average Bonchev–Trinajstić information content (AvgIpc) is 3.39. The van der Waals surface area contributed by atoms with Gasteiger partial charge in [0.2, 0.25) is 0 Å². The van der Waals surface area contributed by atoms with Crippen LogP contribution in [-0.2, 0) is 21.2 Å². The normalized spacial score (nSPS) is 12.7. The quantitative estimate of drug-likeness (QED) is 0.0409. The topological polar surface area (TPSA) is 123 Å². The third-order valence-electron chi connectivity index (χ3n) is 12.0. The van der Waals surface area contributed by atoms with Gasteiger partial charge in [-0.2, -0.15) is 0 Å². The zero-order valence-corrected chi connectivity index (χ0v) is 38.7. The molecule has 0 N–H and O–H groups in total. The van der Waals surface area contributed by atoms with Crippen molar-refractivity contribution in [1.29, 1.82) is 21.0 Å². The van der Waals surface area contributed by atoms with Gasteiger partial charge in [-0.15, -0.1) is 0 Å². The number of hydrogen-bond donors (Lipinski definition) is 0. The Morgan fingerprint density at radius 2 is 0.657 bits per heavy atom. The molecule has 7 aromatic rings. The Kier molecular flexibility index (Phi) is 14.6. The monoisotopic (exact) mass is 978 g/mol. The van der Waals surface area contributed by atoms with Crippen molar-refractivity contribution >= 4 is 52.8 Å². The molecule has 0 aliphatic heterocycles. The molecular formula is C54H39BF6N4O3P2. The zero-order chi connectivity index (χ0) is 49.9. The van der Waals surface area contributed by atoms with E-state index in [4.69, 9.17) is 13.5 Å². The second-order valence-corrected chi connectivity index (χ2v) is 24.9. The van der Waals surface area contributed by atoms with Crippen molar-refractivity contribution in [2.24, 2.45) is 0 Å². The molecule has 7 aromatic carbocycles. The number of nitriles is 4. The van der Waals surface area contributed by atoms with Crippen LogP contribution in [0.25, 0.3) is 0 Å². The fraction of sp³-hybridized carbons (Fsp3) is 0.0741. The summed E-state index contributed by atoms with van der Waals surface area (Å²) >= 11 is 0. The molecule has 70 heavy (non-hydrogen) atoms. The Hall–Kier alpha value is -7.80. The summed E-state index contributed by atoms with van der Waals surface area (Å²) in [7, 11) is -2.34. The van der Waals surface area contributed by atoms with E-state index < -0.39 is 50.2 Å². The number of rotatable bonds is 16. The van der Waals surface area contributed by atoms with Gasteiger partial charge in [0.1, 0.15) is 0 Å². The number of benzene rings is 7. The molecule has 0 amide bonds. The molecular weight excluding hydrogens is 939 g/mol. The Balaban J connectivity index is 1.74. The van der Waals surface area contributed by atoms with Crippen molar-refractivity contribution in [3.8, 4) is 30.0 Å². The standard InChI is InChI=1S/C54H39BF6N4O3P2/c56-53(57,58)44-35-45(54(59,60)61)37-46(36-44)66-55(67-69(33-31-42(38-62)39-63,47-19-7-1-8-20-47,48-21-9-2-10-22-48)49-23-11-3-12-24-49)68-70(34-32-43(40-64)41-65,50-25-13-4-14-26-50,51-27-15-5-16-28-51)52-29-17-6-18-30-52/h1-32,35-37H,33-34H2. The zero-order valence-electron chi connectivity index (χ0n) is 36.9. The molecule has 0 aromatic heterocycles. The van der Waals surface area contributed by atoms with Crippen LogP contribution in [0.4, 0.5) is 26.3 Å². The van der Waals surface area contributed by atoms with Gasteiger partial charge in [0.05, 0.1) is 0 Å². The Morgan fingerprint density at radius 3 is 0.871 bits per heavy atom. The first-order chi connectivity index (χ1) is 33.7. The SMILES string of the molecule is N#CC(C#N)=CCP(OB(Oc1cc(C(F)(F)F)cc(C(F)(F)F)c1)OP(CC=C(C#N)C#N)(c1ccccc1)(c1ccccc1)c1ccccc1)(c1ccccc1)(c1ccccc1)c1ccccc1. The predicted molar refractivity (Wildman–Crippen MR) is 264 cm³/mol. The van der Waals surface area contributed by atoms with Crippen molar-refractivity contribution in [2.45, 2.75) is 12.4 Å². The van der Waals surface area contributed by atoms with Gasteiger partial charge < -0.3 is 0 Å². The molecule has 7 rings (SSSR count). The number of alkyl halides is 6. The number of nitrogens with zero attached hydrogens (tertiary/aromatic N) is 4. The minimum absolute atomic E-state index is 0.0222. The first kappa shape index (κ1) is 50.1. The molecule has 0 heterocycles. The van der Waals surface area contributed by atoms with Gasteiger partial charge in [-0.25, -0.2) is 0 Å². The molecule has 0 aliphatic rings. The van der Waals surface area contributed by atoms with Gasteiger partial charge in [0.25, 0.3) is 0 Å². The van der Waals surface area contributed by atoms with Crippen LogP contribution in [0.3, 0.4) is 0 Å². The maximum atomic E-state index is 14.8. The van der Waals surface area contributed by atoms with Crippen LogP contribution in [0, 0.1) is 45.3 Å². The second kappa shape index (κ2) is 20.4. The molecule has 348 valence electrons. The summed E-state index contributed by atoms with van der Waals surface area (Å²) < 4.78 is 111. The van der Waals surface area contributed by atoms with Crippen LogP contribution >= 0.6 is 13.7 Å². The first-order valence-corrected chi connectivity index (χ1v) is 26.0. The van der Waals surface area contributed by atoms with E-state index in [-0.39, 0.29) is 29.5 Å². The van der Waals surface area contributed by atoms with Crippen molar-refractivity contribution in [2.75, 3.05) is 12.3 Å². The number of allylic oxidation sites excluding steroid dienone is 4. The van der Waals surface area contributed by atoms with E-state index in [9.17, 15) is 47.4 Å². The van der Waals surface area contributed by atoms with Gasteiger partial charge in [0, 0.05) is 0 Å². The summed E-state index contributed by atoms with van der Waals surface area (Å²) in [5.74, 6) is -0.945. The predicted octanol–water partition coefficient (Wildman–Crippen LogP) is 11.0. The van der Waals surface area contributed by atoms with E-state index in [1.807, 2.05) is 24.3 Å². The summed E-state index contributed by atoms with van der Waals surface area (Å²) in [5.41, 5.74) is -4.01. The van der Waals surface area contributed by atoms with Gasteiger partial charge in [-0.3, -0.25) is 0 Å². The van der Waals surface area contributed by atoms with Crippen LogP contribution in [0.1, 0.15) is 11.1 Å². The summed E-state index contributed by atoms with van der Waals surface area (Å²) in [6, 6.07) is 60.5. The van der Waals surface area contributed by atoms with Crippen LogP contribution in [0.5, 0.6) is 5.75 Å². The molecule has 0 atom stereocenters. The fourth-order valence-electron chi connectivity index (χ4n) is 8.75. The minimum atomic E-state index is -5.29. The number of hydrogen-bond acceptors (Lipinski definition) is 7. The second-order valence-electron chi connectivity index (χ2n) is 15.8. The molecule has 0 bridgehead atoms. The van der Waals surface area contributed by atoms with Crippen molar-refractivity contribution in [1.82, 2.24) is 0 Å². The molecule has 0 fully saturated rings. The third kappa shape index (κ3) is 9.35. The molecule has 0 radical (unpaired) electrons. The molecule has 0 aliphatic carbocycles. The summed E-state index contributed by atoms with van der Waals surface area (Å²) in [5, 5.41) is 43.6. The van der Waals surface area contributed by atoms with Gasteiger partial charge in [-0.05, 0) is 0 Å². The van der Waals surface area contributed by atoms with Crippen LogP contribution in [0.15, 0.2) is 223 Å². The van der Waals surface area contributed by atoms with Crippen molar-refractivity contribution in [3.63, 3.8) is 0 Å². The first-order valence-electron chi connectivity index (χ1n) is 21.4. The maximum absolute atomic E-state index is 14.8. The summed E-state index contributed by atoms with van der Waals surface area (Å²) in [4.78, 5) is 0. The molecule has 0 saturated heterocycles. The Morgan fingerprint density at radius 1 is 0.414 bits per heavy atom.